The quantitative estimate of drug-likeness (QED) is 0.475. The second kappa shape index (κ2) is 7.59. The Morgan fingerprint density at radius 1 is 1.26 bits per heavy atom. The molecular formula is C20H22N6O4S. The maximum atomic E-state index is 12.8. The third-order valence-corrected chi connectivity index (χ3v) is 7.07. The first-order valence-corrected chi connectivity index (χ1v) is 11.6. The molecule has 0 radical (unpaired) electrons. The predicted molar refractivity (Wildman–Crippen MR) is 117 cm³/mol. The van der Waals surface area contributed by atoms with Crippen molar-refractivity contribution in [1.82, 2.24) is 23.9 Å². The van der Waals surface area contributed by atoms with Gasteiger partial charge < -0.3 is 19.7 Å². The smallest absolute Gasteiger partial charge is 0.242 e. The number of aromatic nitrogens is 5. The van der Waals surface area contributed by atoms with Gasteiger partial charge in [-0.25, -0.2) is 27.3 Å². The van der Waals surface area contributed by atoms with Gasteiger partial charge >= 0.3 is 0 Å². The number of hydrogen-bond acceptors (Lipinski definition) is 8. The molecule has 1 aliphatic rings. The molecule has 10 nitrogen and oxygen atoms in total. The topological polar surface area (TPSA) is 126 Å². The summed E-state index contributed by atoms with van der Waals surface area (Å²) in [5, 5.41) is 10.7. The van der Waals surface area contributed by atoms with Gasteiger partial charge in [0, 0.05) is 36.1 Å². The summed E-state index contributed by atoms with van der Waals surface area (Å²) < 4.78 is 32.2. The molecule has 0 amide bonds. The van der Waals surface area contributed by atoms with Crippen molar-refractivity contribution in [2.24, 2.45) is 0 Å². The molecule has 5 heterocycles. The largest absolute Gasteiger partial charge is 0.395 e. The second-order valence-electron chi connectivity index (χ2n) is 7.48. The zero-order chi connectivity index (χ0) is 21.6. The monoisotopic (exact) mass is 442 g/mol. The lowest BCUT2D eigenvalue weighted by Crippen LogP contribution is -2.44. The summed E-state index contributed by atoms with van der Waals surface area (Å²) in [5.41, 5.74) is 1.74. The zero-order valence-corrected chi connectivity index (χ0v) is 17.7. The van der Waals surface area contributed by atoms with Gasteiger partial charge in [0.1, 0.15) is 11.5 Å². The number of morpholine rings is 1. The van der Waals surface area contributed by atoms with E-state index in [4.69, 9.17) is 9.72 Å². The summed E-state index contributed by atoms with van der Waals surface area (Å²) in [5.74, 6) is 0.679. The Morgan fingerprint density at radius 2 is 2.13 bits per heavy atom. The van der Waals surface area contributed by atoms with Crippen LogP contribution in [0.3, 0.4) is 0 Å². The van der Waals surface area contributed by atoms with Crippen LogP contribution in [0.5, 0.6) is 0 Å². The lowest BCUT2D eigenvalue weighted by atomic mass is 10.1. The molecule has 162 valence electrons. The van der Waals surface area contributed by atoms with Crippen molar-refractivity contribution in [2.45, 2.75) is 13.0 Å². The van der Waals surface area contributed by atoms with Crippen molar-refractivity contribution in [3.63, 3.8) is 0 Å². The van der Waals surface area contributed by atoms with Gasteiger partial charge in [-0.2, -0.15) is 0 Å². The minimum absolute atomic E-state index is 0.0711. The summed E-state index contributed by atoms with van der Waals surface area (Å²) >= 11 is 0. The molecule has 0 spiro atoms. The molecule has 4 aromatic heterocycles. The first-order valence-electron chi connectivity index (χ1n) is 9.99. The fourth-order valence-corrected chi connectivity index (χ4v) is 5.03. The normalized spacial score (nSPS) is 17.6. The van der Waals surface area contributed by atoms with Crippen molar-refractivity contribution < 1.29 is 18.3 Å². The maximum Gasteiger partial charge on any atom is 0.242 e. The van der Waals surface area contributed by atoms with Gasteiger partial charge in [-0.05, 0) is 25.1 Å². The van der Waals surface area contributed by atoms with Crippen molar-refractivity contribution >= 4 is 37.9 Å². The number of aliphatic hydroxyl groups is 1. The van der Waals surface area contributed by atoms with Crippen molar-refractivity contribution in [1.29, 1.82) is 0 Å². The highest BCUT2D eigenvalue weighted by atomic mass is 32.2. The Balaban J connectivity index is 1.79. The third kappa shape index (κ3) is 3.34. The Labute approximate surface area is 178 Å². The fraction of sp³-hybridized carbons (Fsp3) is 0.350. The Hall–Kier alpha value is -3.02. The average molecular weight is 443 g/mol. The van der Waals surface area contributed by atoms with Crippen LogP contribution in [0.25, 0.3) is 33.5 Å². The van der Waals surface area contributed by atoms with Gasteiger partial charge in [-0.15, -0.1) is 0 Å². The number of pyridine rings is 1. The summed E-state index contributed by atoms with van der Waals surface area (Å²) in [6.45, 7) is 3.33. The lowest BCUT2D eigenvalue weighted by Gasteiger charge is -2.34. The highest BCUT2D eigenvalue weighted by molar-refractivity contribution is 7.90. The maximum absolute atomic E-state index is 12.8. The highest BCUT2D eigenvalue weighted by Crippen LogP contribution is 2.33. The SMILES string of the molecule is C[C@@H]1COCCN1c1nc(-c2ccnc3[nH]ccc23)nc2c1ccn2S(=O)(=O)CCO. The Kier molecular flexibility index (Phi) is 4.88. The summed E-state index contributed by atoms with van der Waals surface area (Å²) in [6.07, 6.45) is 4.93. The summed E-state index contributed by atoms with van der Waals surface area (Å²) in [7, 11) is -3.77. The highest BCUT2D eigenvalue weighted by Gasteiger charge is 2.27. The molecule has 1 fully saturated rings. The van der Waals surface area contributed by atoms with Gasteiger partial charge in [0.05, 0.1) is 37.0 Å². The number of hydrogen-bond donors (Lipinski definition) is 2. The average Bonchev–Trinajstić information content (AvgIpc) is 3.40. The van der Waals surface area contributed by atoms with Gasteiger partial charge in [-0.3, -0.25) is 0 Å². The van der Waals surface area contributed by atoms with Gasteiger partial charge in [0.25, 0.3) is 0 Å². The van der Waals surface area contributed by atoms with Gasteiger partial charge in [0.15, 0.2) is 11.5 Å². The molecule has 11 heteroatoms. The number of aromatic amines is 1. The van der Waals surface area contributed by atoms with Crippen LogP contribution in [0.1, 0.15) is 6.92 Å². The molecule has 1 saturated heterocycles. The van der Waals surface area contributed by atoms with E-state index < -0.39 is 22.4 Å². The van der Waals surface area contributed by atoms with Crippen LogP contribution in [-0.4, -0.2) is 75.6 Å². The Morgan fingerprint density at radius 3 is 2.94 bits per heavy atom. The minimum Gasteiger partial charge on any atom is -0.395 e. The van der Waals surface area contributed by atoms with Crippen LogP contribution in [-0.2, 0) is 14.8 Å². The van der Waals surface area contributed by atoms with E-state index in [0.29, 0.717) is 42.4 Å². The summed E-state index contributed by atoms with van der Waals surface area (Å²) in [6, 6.07) is 5.49. The molecule has 5 rings (SSSR count). The molecule has 2 N–H and O–H groups in total. The van der Waals surface area contributed by atoms with E-state index in [2.05, 4.69) is 19.9 Å². The minimum atomic E-state index is -3.77. The third-order valence-electron chi connectivity index (χ3n) is 5.48. The van der Waals surface area contributed by atoms with E-state index in [-0.39, 0.29) is 11.7 Å². The molecule has 31 heavy (non-hydrogen) atoms. The number of ether oxygens (including phenoxy) is 1. The first-order chi connectivity index (χ1) is 15.0. The number of fused-ring (bicyclic) bond motifs is 2. The molecule has 0 saturated carbocycles. The van der Waals surface area contributed by atoms with Crippen LogP contribution in [0, 0.1) is 0 Å². The molecule has 4 aromatic rings. The van der Waals surface area contributed by atoms with Crippen molar-refractivity contribution in [2.75, 3.05) is 37.0 Å². The number of rotatable bonds is 5. The number of H-pyrrole nitrogens is 1. The lowest BCUT2D eigenvalue weighted by molar-refractivity contribution is 0.0987. The number of anilines is 1. The van der Waals surface area contributed by atoms with Crippen molar-refractivity contribution in [3.05, 3.63) is 36.8 Å². The summed E-state index contributed by atoms with van der Waals surface area (Å²) in [4.78, 5) is 19.0. The van der Waals surface area contributed by atoms with E-state index in [1.807, 2.05) is 19.1 Å². The fourth-order valence-electron chi connectivity index (χ4n) is 3.95. The molecule has 1 aliphatic heterocycles. The van der Waals surface area contributed by atoms with E-state index in [0.717, 1.165) is 14.9 Å². The molecule has 1 atom stereocenters. The van der Waals surface area contributed by atoms with E-state index in [9.17, 15) is 13.5 Å². The second-order valence-corrected chi connectivity index (χ2v) is 9.44. The number of nitrogens with zero attached hydrogens (tertiary/aromatic N) is 5. The first kappa shape index (κ1) is 19.9. The standard InChI is InChI=1S/C20H22N6O4S/c1-13-12-30-10-8-25(13)19-16-4-7-26(31(28,29)11-9-27)20(16)24-18(23-19)15-3-6-22-17-14(15)2-5-21-17/h2-7,13,27H,8-12H2,1H3,(H,21,22)/t13-/m1/s1. The van der Waals surface area contributed by atoms with Crippen molar-refractivity contribution in [3.8, 4) is 11.4 Å². The zero-order valence-electron chi connectivity index (χ0n) is 16.9. The number of nitrogens with one attached hydrogen (secondary N) is 1. The van der Waals surface area contributed by atoms with Gasteiger partial charge in [0.2, 0.25) is 10.0 Å². The van der Waals surface area contributed by atoms with Crippen LogP contribution >= 0.6 is 0 Å². The molecule has 0 aromatic carbocycles. The molecule has 0 aliphatic carbocycles. The van der Waals surface area contributed by atoms with Crippen LogP contribution in [0.2, 0.25) is 0 Å². The van der Waals surface area contributed by atoms with Gasteiger partial charge in [-0.1, -0.05) is 0 Å². The molecule has 0 bridgehead atoms. The van der Waals surface area contributed by atoms with E-state index in [1.54, 1.807) is 18.5 Å². The van der Waals surface area contributed by atoms with Crippen LogP contribution < -0.4 is 4.90 Å². The Bertz CT molecular complexity index is 1360. The van der Waals surface area contributed by atoms with E-state index >= 15 is 0 Å². The van der Waals surface area contributed by atoms with Crippen LogP contribution in [0.4, 0.5) is 5.82 Å². The predicted octanol–water partition coefficient (Wildman–Crippen LogP) is 1.37. The van der Waals surface area contributed by atoms with Crippen LogP contribution in [0.15, 0.2) is 36.8 Å². The molecule has 0 unspecified atom stereocenters. The van der Waals surface area contributed by atoms with E-state index in [1.165, 1.54) is 6.20 Å². The number of aliphatic hydroxyl groups excluding tert-OH is 1. The molecular weight excluding hydrogens is 420 g/mol.